The maximum atomic E-state index is 12.0. The maximum Gasteiger partial charge on any atom is 0.338 e. The van der Waals surface area contributed by atoms with Gasteiger partial charge in [-0.15, -0.1) is 11.3 Å². The zero-order chi connectivity index (χ0) is 13.0. The first kappa shape index (κ1) is 12.6. The van der Waals surface area contributed by atoms with Crippen molar-refractivity contribution in [1.29, 1.82) is 0 Å². The molecule has 1 unspecified atom stereocenters. The fraction of sp³-hybridized carbons (Fsp3) is 0.231. The van der Waals surface area contributed by atoms with Crippen LogP contribution in [0.3, 0.4) is 0 Å². The maximum absolute atomic E-state index is 12.0. The van der Waals surface area contributed by atoms with Crippen molar-refractivity contribution in [3.8, 4) is 0 Å². The highest BCUT2D eigenvalue weighted by Gasteiger charge is 2.39. The number of rotatable bonds is 4. The highest BCUT2D eigenvalue weighted by Crippen LogP contribution is 2.28. The molecule has 2 rings (SSSR count). The highest BCUT2D eigenvalue weighted by molar-refractivity contribution is 7.09. The van der Waals surface area contributed by atoms with Gasteiger partial charge in [-0.05, 0) is 19.1 Å². The first-order valence-electron chi connectivity index (χ1n) is 5.48. The topological polar surface area (TPSA) is 51.2 Å². The van der Waals surface area contributed by atoms with Crippen molar-refractivity contribution in [3.05, 3.63) is 46.9 Å². The molecule has 1 heterocycles. The third kappa shape index (κ3) is 2.36. The highest BCUT2D eigenvalue weighted by atomic mass is 32.1. The molecule has 0 aliphatic carbocycles. The Kier molecular flexibility index (Phi) is 3.62. The molecular formula is C13H14N2O2S. The summed E-state index contributed by atoms with van der Waals surface area (Å²) in [6, 6.07) is 9.53. The third-order valence-electron chi connectivity index (χ3n) is 2.62. The summed E-state index contributed by atoms with van der Waals surface area (Å²) in [4.78, 5) is 16.2. The lowest BCUT2D eigenvalue weighted by Crippen LogP contribution is -2.41. The summed E-state index contributed by atoms with van der Waals surface area (Å²) in [6.07, 6.45) is 1.67. The lowest BCUT2D eigenvalue weighted by atomic mass is 10.0. The predicted molar refractivity (Wildman–Crippen MR) is 71.5 cm³/mol. The summed E-state index contributed by atoms with van der Waals surface area (Å²) in [5, 5.41) is 5.70. The molecule has 1 N–H and O–H groups in total. The van der Waals surface area contributed by atoms with Crippen LogP contribution in [0.5, 0.6) is 0 Å². The molecule has 4 nitrogen and oxygen atoms in total. The molecule has 1 aromatic heterocycles. The lowest BCUT2D eigenvalue weighted by Gasteiger charge is -2.26. The van der Waals surface area contributed by atoms with Crippen LogP contribution in [0.25, 0.3) is 0 Å². The number of methoxy groups -OCH3 is 1. The van der Waals surface area contributed by atoms with E-state index in [-0.39, 0.29) is 5.97 Å². The number of nitrogens with one attached hydrogen (secondary N) is 1. The van der Waals surface area contributed by atoms with E-state index in [1.54, 1.807) is 13.1 Å². The van der Waals surface area contributed by atoms with Crippen molar-refractivity contribution in [3.63, 3.8) is 0 Å². The van der Waals surface area contributed by atoms with Gasteiger partial charge in [-0.25, -0.2) is 9.78 Å². The van der Waals surface area contributed by atoms with E-state index >= 15 is 0 Å². The monoisotopic (exact) mass is 262 g/mol. The van der Waals surface area contributed by atoms with E-state index in [4.69, 9.17) is 4.74 Å². The standard InChI is InChI=1S/C13H14N2O2S/c1-13(12(16)17-2,11-14-8-9-18-11)15-10-6-4-3-5-7-10/h3-9,15H,1-2H3. The molecule has 0 saturated heterocycles. The molecule has 0 spiro atoms. The number of anilines is 1. The Hall–Kier alpha value is -1.88. The number of esters is 1. The van der Waals surface area contributed by atoms with Crippen LogP contribution in [0.4, 0.5) is 5.69 Å². The van der Waals surface area contributed by atoms with E-state index in [1.165, 1.54) is 18.4 Å². The minimum atomic E-state index is -0.968. The Labute approximate surface area is 110 Å². The summed E-state index contributed by atoms with van der Waals surface area (Å²) in [6.45, 7) is 1.77. The normalized spacial score (nSPS) is 13.7. The molecule has 1 atom stereocenters. The molecule has 0 saturated carbocycles. The molecule has 2 aromatic rings. The van der Waals surface area contributed by atoms with Gasteiger partial charge in [-0.1, -0.05) is 18.2 Å². The van der Waals surface area contributed by atoms with Gasteiger partial charge >= 0.3 is 5.97 Å². The summed E-state index contributed by atoms with van der Waals surface area (Å²) in [7, 11) is 1.38. The van der Waals surface area contributed by atoms with Crippen LogP contribution >= 0.6 is 11.3 Å². The van der Waals surface area contributed by atoms with Crippen LogP contribution in [0.15, 0.2) is 41.9 Å². The smallest absolute Gasteiger partial charge is 0.338 e. The van der Waals surface area contributed by atoms with Gasteiger partial charge in [0.1, 0.15) is 5.01 Å². The SMILES string of the molecule is COC(=O)C(C)(Nc1ccccc1)c1nccs1. The minimum absolute atomic E-state index is 0.360. The van der Waals surface area contributed by atoms with Gasteiger partial charge in [0.25, 0.3) is 0 Å². The fourth-order valence-corrected chi connectivity index (χ4v) is 2.42. The largest absolute Gasteiger partial charge is 0.467 e. The zero-order valence-electron chi connectivity index (χ0n) is 10.2. The second-order valence-electron chi connectivity index (χ2n) is 3.94. The average molecular weight is 262 g/mol. The second kappa shape index (κ2) is 5.18. The van der Waals surface area contributed by atoms with E-state index in [0.29, 0.717) is 5.01 Å². The Balaban J connectivity index is 2.35. The number of ether oxygens (including phenoxy) is 1. The molecule has 1 aromatic carbocycles. The molecule has 18 heavy (non-hydrogen) atoms. The van der Waals surface area contributed by atoms with Crippen molar-refractivity contribution in [1.82, 2.24) is 4.98 Å². The van der Waals surface area contributed by atoms with Crippen LogP contribution in [0.1, 0.15) is 11.9 Å². The van der Waals surface area contributed by atoms with Crippen molar-refractivity contribution in [2.45, 2.75) is 12.5 Å². The van der Waals surface area contributed by atoms with Gasteiger partial charge < -0.3 is 10.1 Å². The first-order chi connectivity index (χ1) is 8.66. The number of benzene rings is 1. The van der Waals surface area contributed by atoms with Crippen LogP contribution in [0, 0.1) is 0 Å². The van der Waals surface area contributed by atoms with E-state index in [1.807, 2.05) is 35.7 Å². The van der Waals surface area contributed by atoms with Crippen molar-refractivity contribution in [2.75, 3.05) is 12.4 Å². The molecule has 94 valence electrons. The molecule has 0 aliphatic heterocycles. The van der Waals surface area contributed by atoms with Gasteiger partial charge in [0.15, 0.2) is 5.54 Å². The number of carbonyl (C=O) groups excluding carboxylic acids is 1. The molecule has 0 radical (unpaired) electrons. The minimum Gasteiger partial charge on any atom is -0.467 e. The Morgan fingerprint density at radius 2 is 2.11 bits per heavy atom. The van der Waals surface area contributed by atoms with Gasteiger partial charge in [0, 0.05) is 17.3 Å². The van der Waals surface area contributed by atoms with E-state index < -0.39 is 5.54 Å². The molecule has 0 aliphatic rings. The molecule has 0 amide bonds. The molecule has 5 heteroatoms. The quantitative estimate of drug-likeness (QED) is 0.861. The van der Waals surface area contributed by atoms with E-state index in [9.17, 15) is 4.79 Å². The van der Waals surface area contributed by atoms with Gasteiger partial charge in [0.2, 0.25) is 0 Å². The Morgan fingerprint density at radius 3 is 2.67 bits per heavy atom. The average Bonchev–Trinajstić information content (AvgIpc) is 2.93. The number of para-hydroxylation sites is 1. The van der Waals surface area contributed by atoms with Gasteiger partial charge in [0.05, 0.1) is 7.11 Å². The molecular weight excluding hydrogens is 248 g/mol. The Morgan fingerprint density at radius 1 is 1.39 bits per heavy atom. The Bertz CT molecular complexity index is 513. The number of thiazole rings is 1. The third-order valence-corrected chi connectivity index (χ3v) is 3.62. The summed E-state index contributed by atoms with van der Waals surface area (Å²) >= 11 is 1.42. The molecule has 0 fully saturated rings. The van der Waals surface area contributed by atoms with Crippen LogP contribution < -0.4 is 5.32 Å². The van der Waals surface area contributed by atoms with Crippen molar-refractivity contribution >= 4 is 23.0 Å². The van der Waals surface area contributed by atoms with E-state index in [2.05, 4.69) is 10.3 Å². The van der Waals surface area contributed by atoms with Crippen molar-refractivity contribution in [2.24, 2.45) is 0 Å². The first-order valence-corrected chi connectivity index (χ1v) is 6.36. The lowest BCUT2D eigenvalue weighted by molar-refractivity contribution is -0.145. The summed E-state index contributed by atoms with van der Waals surface area (Å²) < 4.78 is 4.88. The number of aromatic nitrogens is 1. The number of nitrogens with zero attached hydrogens (tertiary/aromatic N) is 1. The van der Waals surface area contributed by atoms with Crippen molar-refractivity contribution < 1.29 is 9.53 Å². The van der Waals surface area contributed by atoms with Gasteiger partial charge in [-0.2, -0.15) is 0 Å². The van der Waals surface area contributed by atoms with Crippen LogP contribution in [-0.4, -0.2) is 18.1 Å². The summed E-state index contributed by atoms with van der Waals surface area (Å²) in [5.41, 5.74) is -0.120. The number of hydrogen-bond donors (Lipinski definition) is 1. The fourth-order valence-electron chi connectivity index (χ4n) is 1.68. The van der Waals surface area contributed by atoms with Crippen LogP contribution in [0.2, 0.25) is 0 Å². The second-order valence-corrected chi connectivity index (χ2v) is 4.84. The number of hydrogen-bond acceptors (Lipinski definition) is 5. The number of carbonyl (C=O) groups is 1. The zero-order valence-corrected chi connectivity index (χ0v) is 11.0. The summed E-state index contributed by atoms with van der Waals surface area (Å²) in [5.74, 6) is -0.360. The molecule has 0 bridgehead atoms. The predicted octanol–water partition coefficient (Wildman–Crippen LogP) is 2.64. The van der Waals surface area contributed by atoms with Gasteiger partial charge in [-0.3, -0.25) is 0 Å². The van der Waals surface area contributed by atoms with E-state index in [0.717, 1.165) is 5.69 Å². The van der Waals surface area contributed by atoms with Crippen LogP contribution in [-0.2, 0) is 15.1 Å².